The van der Waals surface area contributed by atoms with E-state index in [1.165, 1.54) is 23.3 Å². The van der Waals surface area contributed by atoms with Gasteiger partial charge in [0.1, 0.15) is 5.82 Å². The number of anilines is 1. The highest BCUT2D eigenvalue weighted by Crippen LogP contribution is 2.24. The van der Waals surface area contributed by atoms with Crippen molar-refractivity contribution < 1.29 is 14.3 Å². The molecule has 0 saturated carbocycles. The van der Waals surface area contributed by atoms with Crippen LogP contribution in [-0.4, -0.2) is 17.1 Å². The van der Waals surface area contributed by atoms with Crippen LogP contribution in [0.2, 0.25) is 0 Å². The van der Waals surface area contributed by atoms with Gasteiger partial charge in [0.05, 0.1) is 5.56 Å². The monoisotopic (exact) mass is 285 g/mol. The highest BCUT2D eigenvalue weighted by molar-refractivity contribution is 5.89. The third kappa shape index (κ3) is 2.89. The average molecular weight is 285 g/mol. The predicted molar refractivity (Wildman–Crippen MR) is 79.2 cm³/mol. The summed E-state index contributed by atoms with van der Waals surface area (Å²) >= 11 is 0. The van der Waals surface area contributed by atoms with E-state index < -0.39 is 11.8 Å². The number of carboxylic acids is 1. The number of hydrogen-bond donors (Lipinski definition) is 2. The molecule has 2 aromatic rings. The standard InChI is InChI=1S/C17H16FNO2/c18-16-8-7-14(10-15(16)17(20)21)19-13-6-5-11-3-1-2-4-12(11)9-13/h1-4,7-8,10,13,19H,5-6,9H2,(H,20,21). The van der Waals surface area contributed by atoms with Crippen LogP contribution in [0.4, 0.5) is 10.1 Å². The molecule has 0 spiro atoms. The maximum Gasteiger partial charge on any atom is 0.338 e. The van der Waals surface area contributed by atoms with Crippen molar-refractivity contribution in [3.8, 4) is 0 Å². The Balaban J connectivity index is 1.76. The van der Waals surface area contributed by atoms with Crippen molar-refractivity contribution in [1.82, 2.24) is 0 Å². The molecule has 0 aromatic heterocycles. The minimum atomic E-state index is -1.25. The third-order valence-corrected chi connectivity index (χ3v) is 3.91. The number of carbonyl (C=O) groups is 1. The molecule has 3 nitrogen and oxygen atoms in total. The first-order chi connectivity index (χ1) is 10.1. The molecule has 0 amide bonds. The molecule has 21 heavy (non-hydrogen) atoms. The zero-order chi connectivity index (χ0) is 14.8. The van der Waals surface area contributed by atoms with Gasteiger partial charge in [-0.25, -0.2) is 9.18 Å². The second kappa shape index (κ2) is 5.56. The Hall–Kier alpha value is -2.36. The lowest BCUT2D eigenvalue weighted by molar-refractivity contribution is 0.0692. The van der Waals surface area contributed by atoms with Gasteiger partial charge in [-0.3, -0.25) is 0 Å². The Bertz CT molecular complexity index is 684. The molecule has 0 radical (unpaired) electrons. The third-order valence-electron chi connectivity index (χ3n) is 3.91. The Labute approximate surface area is 122 Å². The molecule has 1 unspecified atom stereocenters. The fourth-order valence-corrected chi connectivity index (χ4v) is 2.84. The summed E-state index contributed by atoms with van der Waals surface area (Å²) in [6.07, 6.45) is 2.88. The number of nitrogens with one attached hydrogen (secondary N) is 1. The molecule has 2 N–H and O–H groups in total. The van der Waals surface area contributed by atoms with Crippen molar-refractivity contribution in [3.63, 3.8) is 0 Å². The van der Waals surface area contributed by atoms with Crippen LogP contribution in [0, 0.1) is 5.82 Å². The van der Waals surface area contributed by atoms with Gasteiger partial charge in [0.15, 0.2) is 0 Å². The summed E-state index contributed by atoms with van der Waals surface area (Å²) in [5.41, 5.74) is 3.05. The average Bonchev–Trinajstić information content (AvgIpc) is 2.49. The highest BCUT2D eigenvalue weighted by Gasteiger charge is 2.19. The molecule has 3 rings (SSSR count). The molecule has 1 aliphatic rings. The molecule has 1 aliphatic carbocycles. The van der Waals surface area contributed by atoms with Gasteiger partial charge < -0.3 is 10.4 Å². The van der Waals surface area contributed by atoms with Crippen molar-refractivity contribution in [2.24, 2.45) is 0 Å². The van der Waals surface area contributed by atoms with Crippen molar-refractivity contribution in [3.05, 3.63) is 65.0 Å². The highest BCUT2D eigenvalue weighted by atomic mass is 19.1. The number of hydrogen-bond acceptors (Lipinski definition) is 2. The summed E-state index contributed by atoms with van der Waals surface area (Å²) in [6, 6.07) is 12.7. The van der Waals surface area contributed by atoms with E-state index in [4.69, 9.17) is 5.11 Å². The summed E-state index contributed by atoms with van der Waals surface area (Å²) < 4.78 is 13.4. The minimum absolute atomic E-state index is 0.243. The number of carboxylic acid groups (broad SMARTS) is 1. The molecule has 0 heterocycles. The molecule has 0 aliphatic heterocycles. The number of rotatable bonds is 3. The topological polar surface area (TPSA) is 49.3 Å². The first-order valence-corrected chi connectivity index (χ1v) is 6.99. The van der Waals surface area contributed by atoms with E-state index in [1.807, 2.05) is 12.1 Å². The maximum atomic E-state index is 13.4. The Morgan fingerprint density at radius 2 is 1.95 bits per heavy atom. The minimum Gasteiger partial charge on any atom is -0.478 e. The van der Waals surface area contributed by atoms with Gasteiger partial charge in [-0.15, -0.1) is 0 Å². The number of benzene rings is 2. The van der Waals surface area contributed by atoms with Crippen LogP contribution in [0.25, 0.3) is 0 Å². The predicted octanol–water partition coefficient (Wildman–Crippen LogP) is 3.49. The lowest BCUT2D eigenvalue weighted by atomic mass is 9.88. The largest absolute Gasteiger partial charge is 0.478 e. The van der Waals surface area contributed by atoms with E-state index in [2.05, 4.69) is 17.4 Å². The molecular formula is C17H16FNO2. The summed E-state index contributed by atoms with van der Waals surface area (Å²) in [5, 5.41) is 12.3. The molecule has 0 saturated heterocycles. The zero-order valence-corrected chi connectivity index (χ0v) is 11.5. The van der Waals surface area contributed by atoms with Gasteiger partial charge in [0.2, 0.25) is 0 Å². The van der Waals surface area contributed by atoms with Gasteiger partial charge in [0, 0.05) is 11.7 Å². The van der Waals surface area contributed by atoms with E-state index in [1.54, 1.807) is 6.07 Å². The second-order valence-corrected chi connectivity index (χ2v) is 5.35. The SMILES string of the molecule is O=C(O)c1cc(NC2CCc3ccccc3C2)ccc1F. The summed E-state index contributed by atoms with van der Waals surface area (Å²) in [7, 11) is 0. The van der Waals surface area contributed by atoms with Gasteiger partial charge in [-0.2, -0.15) is 0 Å². The van der Waals surface area contributed by atoms with Crippen molar-refractivity contribution in [2.75, 3.05) is 5.32 Å². The van der Waals surface area contributed by atoms with Crippen LogP contribution >= 0.6 is 0 Å². The van der Waals surface area contributed by atoms with E-state index >= 15 is 0 Å². The van der Waals surface area contributed by atoms with Crippen molar-refractivity contribution in [1.29, 1.82) is 0 Å². The summed E-state index contributed by atoms with van der Waals surface area (Å²) in [4.78, 5) is 11.0. The molecule has 0 fully saturated rings. The smallest absolute Gasteiger partial charge is 0.338 e. The molecular weight excluding hydrogens is 269 g/mol. The first kappa shape index (κ1) is 13.6. The van der Waals surface area contributed by atoms with Gasteiger partial charge in [-0.05, 0) is 48.6 Å². The molecule has 1 atom stereocenters. The van der Waals surface area contributed by atoms with Crippen LogP contribution in [-0.2, 0) is 12.8 Å². The van der Waals surface area contributed by atoms with Crippen molar-refractivity contribution >= 4 is 11.7 Å². The Morgan fingerprint density at radius 1 is 1.19 bits per heavy atom. The van der Waals surface area contributed by atoms with Crippen LogP contribution < -0.4 is 5.32 Å². The number of aryl methyl sites for hydroxylation is 1. The summed E-state index contributed by atoms with van der Waals surface area (Å²) in [6.45, 7) is 0. The van der Waals surface area contributed by atoms with Crippen LogP contribution in [0.15, 0.2) is 42.5 Å². The van der Waals surface area contributed by atoms with E-state index in [0.29, 0.717) is 5.69 Å². The van der Waals surface area contributed by atoms with Crippen LogP contribution in [0.5, 0.6) is 0 Å². The maximum absolute atomic E-state index is 13.4. The summed E-state index contributed by atoms with van der Waals surface area (Å²) in [5.74, 6) is -1.95. The lowest BCUT2D eigenvalue weighted by Gasteiger charge is -2.26. The normalized spacial score (nSPS) is 17.1. The Kier molecular flexibility index (Phi) is 3.60. The van der Waals surface area contributed by atoms with E-state index in [-0.39, 0.29) is 11.6 Å². The quantitative estimate of drug-likeness (QED) is 0.907. The van der Waals surface area contributed by atoms with Gasteiger partial charge in [0.25, 0.3) is 0 Å². The zero-order valence-electron chi connectivity index (χ0n) is 11.5. The van der Waals surface area contributed by atoms with Crippen LogP contribution in [0.1, 0.15) is 27.9 Å². The van der Waals surface area contributed by atoms with Gasteiger partial charge in [-0.1, -0.05) is 24.3 Å². The van der Waals surface area contributed by atoms with Crippen molar-refractivity contribution in [2.45, 2.75) is 25.3 Å². The van der Waals surface area contributed by atoms with E-state index in [9.17, 15) is 9.18 Å². The van der Waals surface area contributed by atoms with Crippen LogP contribution in [0.3, 0.4) is 0 Å². The second-order valence-electron chi connectivity index (χ2n) is 5.35. The van der Waals surface area contributed by atoms with Gasteiger partial charge >= 0.3 is 5.97 Å². The number of aromatic carboxylic acids is 1. The molecule has 108 valence electrons. The number of halogens is 1. The molecule has 0 bridgehead atoms. The first-order valence-electron chi connectivity index (χ1n) is 6.99. The Morgan fingerprint density at radius 3 is 2.71 bits per heavy atom. The molecule has 4 heteroatoms. The lowest BCUT2D eigenvalue weighted by Crippen LogP contribution is -2.27. The fraction of sp³-hybridized carbons (Fsp3) is 0.235. The van der Waals surface area contributed by atoms with E-state index in [0.717, 1.165) is 19.3 Å². The number of fused-ring (bicyclic) bond motifs is 1. The fourth-order valence-electron chi connectivity index (χ4n) is 2.84. The molecule has 2 aromatic carbocycles.